The second kappa shape index (κ2) is 10.3. The summed E-state index contributed by atoms with van der Waals surface area (Å²) < 4.78 is 0. The number of carbonyl (C=O) groups is 1. The van der Waals surface area contributed by atoms with Crippen LogP contribution in [0, 0.1) is 29.6 Å². The second-order valence-electron chi connectivity index (χ2n) is 7.85. The van der Waals surface area contributed by atoms with Crippen molar-refractivity contribution in [2.75, 3.05) is 11.1 Å². The molecule has 0 bridgehead atoms. The van der Waals surface area contributed by atoms with Gasteiger partial charge in [0.2, 0.25) is 5.91 Å². The first-order valence-corrected chi connectivity index (χ1v) is 11.9. The molecule has 8 heteroatoms. The van der Waals surface area contributed by atoms with Crippen molar-refractivity contribution in [1.29, 1.82) is 10.5 Å². The van der Waals surface area contributed by atoms with Gasteiger partial charge in [-0.1, -0.05) is 67.2 Å². The number of rotatable bonds is 6. The van der Waals surface area contributed by atoms with E-state index in [1.807, 2.05) is 74.5 Å². The van der Waals surface area contributed by atoms with E-state index < -0.39 is 5.25 Å². The number of nitrogen functional groups attached to an aromatic ring is 1. The second-order valence-corrected chi connectivity index (χ2v) is 9.04. The van der Waals surface area contributed by atoms with Crippen LogP contribution in [0.3, 0.4) is 0 Å². The quantitative estimate of drug-likeness (QED) is 0.353. The number of thioether (sulfide) groups is 1. The van der Waals surface area contributed by atoms with E-state index in [9.17, 15) is 15.3 Å². The van der Waals surface area contributed by atoms with Crippen LogP contribution in [0.1, 0.15) is 30.2 Å². The number of nitrogens with one attached hydrogen (secondary N) is 1. The molecule has 172 valence electrons. The summed E-state index contributed by atoms with van der Waals surface area (Å²) in [5.74, 6) is -0.193. The molecule has 0 saturated carbocycles. The first-order chi connectivity index (χ1) is 17.0. The van der Waals surface area contributed by atoms with Crippen molar-refractivity contribution in [3.8, 4) is 23.3 Å². The maximum atomic E-state index is 13.3. The monoisotopic (exact) mass is 478 g/mol. The fraction of sp³-hybridized carbons (Fsp3) is 0.148. The predicted molar refractivity (Wildman–Crippen MR) is 139 cm³/mol. The van der Waals surface area contributed by atoms with Gasteiger partial charge in [0.1, 0.15) is 28.5 Å². The lowest BCUT2D eigenvalue weighted by molar-refractivity contribution is -0.115. The summed E-state index contributed by atoms with van der Waals surface area (Å²) in [6.07, 6.45) is 0.492. The Hall–Kier alpha value is -4.40. The van der Waals surface area contributed by atoms with Gasteiger partial charge in [-0.3, -0.25) is 9.78 Å². The van der Waals surface area contributed by atoms with E-state index in [0.29, 0.717) is 28.3 Å². The minimum atomic E-state index is -0.544. The van der Waals surface area contributed by atoms with Gasteiger partial charge in [-0.25, -0.2) is 4.98 Å². The van der Waals surface area contributed by atoms with Crippen molar-refractivity contribution in [1.82, 2.24) is 9.97 Å². The van der Waals surface area contributed by atoms with Crippen LogP contribution in [0.25, 0.3) is 22.0 Å². The highest BCUT2D eigenvalue weighted by molar-refractivity contribution is 8.00. The molecule has 0 fully saturated rings. The van der Waals surface area contributed by atoms with Crippen LogP contribution >= 0.6 is 11.8 Å². The highest BCUT2D eigenvalue weighted by Gasteiger charge is 2.26. The van der Waals surface area contributed by atoms with Crippen LogP contribution in [0.4, 0.5) is 11.5 Å². The van der Waals surface area contributed by atoms with Crippen molar-refractivity contribution in [2.45, 2.75) is 30.5 Å². The lowest BCUT2D eigenvalue weighted by Gasteiger charge is -2.18. The molecule has 3 N–H and O–H groups in total. The molecule has 7 nitrogen and oxygen atoms in total. The average molecular weight is 479 g/mol. The van der Waals surface area contributed by atoms with Crippen LogP contribution in [0.15, 0.2) is 65.7 Å². The Kier molecular flexibility index (Phi) is 6.96. The lowest BCUT2D eigenvalue weighted by Crippen LogP contribution is -2.25. The van der Waals surface area contributed by atoms with Crippen LogP contribution in [0.5, 0.6) is 0 Å². The number of hydrogen-bond acceptors (Lipinski definition) is 7. The Bertz CT molecular complexity index is 1500. The Morgan fingerprint density at radius 2 is 1.74 bits per heavy atom. The smallest absolute Gasteiger partial charge is 0.237 e. The molecule has 0 spiro atoms. The first-order valence-electron chi connectivity index (χ1n) is 11.0. The third-order valence-electron chi connectivity index (χ3n) is 5.50. The molecule has 1 amide bonds. The van der Waals surface area contributed by atoms with Gasteiger partial charge in [-0.05, 0) is 31.0 Å². The van der Waals surface area contributed by atoms with E-state index in [2.05, 4.69) is 27.4 Å². The molecule has 0 saturated heterocycles. The normalized spacial score (nSPS) is 11.4. The van der Waals surface area contributed by atoms with Crippen LogP contribution in [-0.4, -0.2) is 21.1 Å². The van der Waals surface area contributed by atoms with Crippen LogP contribution in [-0.2, 0) is 4.79 Å². The highest BCUT2D eigenvalue weighted by Crippen LogP contribution is 2.37. The number of aromatic nitrogens is 2. The van der Waals surface area contributed by atoms with Crippen molar-refractivity contribution in [3.63, 3.8) is 0 Å². The maximum Gasteiger partial charge on any atom is 0.237 e. The topological polar surface area (TPSA) is 128 Å². The standard InChI is InChI=1S/C27H22N6OS/c1-3-23(26(34)32-22-13-16(2)31-21-12-8-7-11-18(21)22)35-27-20(15-29)24(17-9-5-4-6-10-17)19(14-28)25(30)33-27/h4-13,23H,3H2,1-2H3,(H2,30,33)(H,31,32,34). The summed E-state index contributed by atoms with van der Waals surface area (Å²) in [5.41, 5.74) is 9.88. The Morgan fingerprint density at radius 3 is 2.43 bits per heavy atom. The largest absolute Gasteiger partial charge is 0.383 e. The number of amides is 1. The minimum absolute atomic E-state index is 0.0267. The fourth-order valence-corrected chi connectivity index (χ4v) is 4.88. The number of carbonyl (C=O) groups excluding carboxylic acids is 1. The zero-order valence-electron chi connectivity index (χ0n) is 19.2. The zero-order chi connectivity index (χ0) is 24.9. The third kappa shape index (κ3) is 4.79. The SMILES string of the molecule is CCC(Sc1nc(N)c(C#N)c(-c2ccccc2)c1C#N)C(=O)Nc1cc(C)nc2ccccc12. The van der Waals surface area contributed by atoms with Crippen molar-refractivity contribution >= 4 is 40.1 Å². The van der Waals surface area contributed by atoms with E-state index in [0.717, 1.165) is 16.6 Å². The minimum Gasteiger partial charge on any atom is -0.383 e. The molecule has 1 unspecified atom stereocenters. The number of aryl methyl sites for hydroxylation is 1. The molecule has 35 heavy (non-hydrogen) atoms. The number of anilines is 2. The molecule has 4 aromatic rings. The number of fused-ring (bicyclic) bond motifs is 1. The van der Waals surface area contributed by atoms with Crippen molar-refractivity contribution < 1.29 is 4.79 Å². The maximum absolute atomic E-state index is 13.3. The summed E-state index contributed by atoms with van der Waals surface area (Å²) in [4.78, 5) is 22.2. The van der Waals surface area contributed by atoms with E-state index in [1.54, 1.807) is 0 Å². The Morgan fingerprint density at radius 1 is 1.06 bits per heavy atom. The first kappa shape index (κ1) is 23.7. The number of pyridine rings is 2. The summed E-state index contributed by atoms with van der Waals surface area (Å²) in [5, 5.41) is 23.4. The van der Waals surface area contributed by atoms with Crippen molar-refractivity contribution in [3.05, 3.63) is 77.5 Å². The molecule has 2 aromatic carbocycles. The van der Waals surface area contributed by atoms with Gasteiger partial charge in [0.25, 0.3) is 0 Å². The molecule has 0 radical (unpaired) electrons. The number of hydrogen-bond donors (Lipinski definition) is 2. The fourth-order valence-electron chi connectivity index (χ4n) is 3.86. The summed E-state index contributed by atoms with van der Waals surface area (Å²) in [6.45, 7) is 3.77. The molecule has 2 aromatic heterocycles. The molecule has 4 rings (SSSR count). The summed E-state index contributed by atoms with van der Waals surface area (Å²) in [7, 11) is 0. The predicted octanol–water partition coefficient (Wildman–Crippen LogP) is 5.44. The number of nitrogens with two attached hydrogens (primary N) is 1. The van der Waals surface area contributed by atoms with Gasteiger partial charge < -0.3 is 11.1 Å². The van der Waals surface area contributed by atoms with E-state index in [-0.39, 0.29) is 22.9 Å². The van der Waals surface area contributed by atoms with E-state index in [1.165, 1.54) is 11.8 Å². The summed E-state index contributed by atoms with van der Waals surface area (Å²) in [6, 6.07) is 22.8. The molecule has 0 aliphatic rings. The van der Waals surface area contributed by atoms with Gasteiger partial charge in [-0.15, -0.1) is 0 Å². The number of para-hydroxylation sites is 1. The van der Waals surface area contributed by atoms with Gasteiger partial charge in [-0.2, -0.15) is 10.5 Å². The van der Waals surface area contributed by atoms with E-state index >= 15 is 0 Å². The molecule has 0 aliphatic carbocycles. The zero-order valence-corrected chi connectivity index (χ0v) is 20.1. The number of benzene rings is 2. The van der Waals surface area contributed by atoms with Gasteiger partial charge in [0, 0.05) is 16.6 Å². The third-order valence-corrected chi connectivity index (χ3v) is 6.85. The molecule has 2 heterocycles. The summed E-state index contributed by atoms with van der Waals surface area (Å²) >= 11 is 1.17. The Balaban J connectivity index is 1.72. The lowest BCUT2D eigenvalue weighted by atomic mass is 9.97. The average Bonchev–Trinajstić information content (AvgIpc) is 2.87. The number of nitrogens with zero attached hydrogens (tertiary/aromatic N) is 4. The molecular formula is C27H22N6OS. The van der Waals surface area contributed by atoms with Gasteiger partial charge in [0.05, 0.1) is 22.0 Å². The van der Waals surface area contributed by atoms with E-state index in [4.69, 9.17) is 5.73 Å². The molecule has 0 aliphatic heterocycles. The number of nitriles is 2. The van der Waals surface area contributed by atoms with Crippen LogP contribution in [0.2, 0.25) is 0 Å². The highest BCUT2D eigenvalue weighted by atomic mass is 32.2. The van der Waals surface area contributed by atoms with Gasteiger partial charge >= 0.3 is 0 Å². The van der Waals surface area contributed by atoms with Gasteiger partial charge in [0.15, 0.2) is 0 Å². The molecular weight excluding hydrogens is 456 g/mol. The molecule has 1 atom stereocenters. The van der Waals surface area contributed by atoms with Crippen LogP contribution < -0.4 is 11.1 Å². The van der Waals surface area contributed by atoms with Crippen molar-refractivity contribution in [2.24, 2.45) is 0 Å². The Labute approximate surface area is 207 Å².